The first-order valence-corrected chi connectivity index (χ1v) is 8.20. The third-order valence-corrected chi connectivity index (χ3v) is 8.70. The van der Waals surface area contributed by atoms with Crippen LogP contribution in [-0.2, 0) is 21.8 Å². The average Bonchev–Trinajstić information content (AvgIpc) is 2.60. The second kappa shape index (κ2) is 4.08. The summed E-state index contributed by atoms with van der Waals surface area (Å²) in [6.45, 7) is 0. The van der Waals surface area contributed by atoms with Crippen LogP contribution in [0.4, 0.5) is 0 Å². The third kappa shape index (κ3) is 2.32. The first kappa shape index (κ1) is 8.31. The standard InChI is InChI=1S/C9H18S2/c1-2-6-10(5-1)9-11-7-3-4-8-11/h1-9H2/q+2. The quantitative estimate of drug-likeness (QED) is 0.582. The van der Waals surface area contributed by atoms with Gasteiger partial charge in [-0.3, -0.25) is 0 Å². The highest BCUT2D eigenvalue weighted by Crippen LogP contribution is 2.21. The topological polar surface area (TPSA) is 0 Å². The first-order chi connectivity index (χ1) is 5.45. The van der Waals surface area contributed by atoms with Crippen LogP contribution in [0.5, 0.6) is 0 Å². The molecule has 0 N–H and O–H groups in total. The lowest BCUT2D eigenvalue weighted by Crippen LogP contribution is -2.19. The molecule has 2 aliphatic rings. The zero-order chi connectivity index (χ0) is 7.52. The van der Waals surface area contributed by atoms with Gasteiger partial charge in [-0.05, 0) is 25.7 Å². The van der Waals surface area contributed by atoms with Crippen molar-refractivity contribution < 1.29 is 0 Å². The second-order valence-corrected chi connectivity index (χ2v) is 8.60. The maximum atomic E-state index is 1.64. The molecule has 2 saturated heterocycles. The Labute approximate surface area is 75.8 Å². The van der Waals surface area contributed by atoms with Gasteiger partial charge in [-0.1, -0.05) is 0 Å². The Morgan fingerprint density at radius 3 is 1.36 bits per heavy atom. The molecule has 2 heteroatoms. The largest absolute Gasteiger partial charge is 0.257 e. The molecule has 2 fully saturated rings. The Hall–Kier alpha value is 0.700. The molecule has 0 aromatic rings. The molecule has 0 unspecified atom stereocenters. The highest BCUT2D eigenvalue weighted by atomic mass is 32.3. The summed E-state index contributed by atoms with van der Waals surface area (Å²) in [6, 6.07) is 0. The fourth-order valence-electron chi connectivity index (χ4n) is 1.90. The summed E-state index contributed by atoms with van der Waals surface area (Å²) >= 11 is 0. The van der Waals surface area contributed by atoms with E-state index in [9.17, 15) is 0 Å². The van der Waals surface area contributed by atoms with Crippen molar-refractivity contribution in [3.05, 3.63) is 0 Å². The van der Waals surface area contributed by atoms with E-state index in [2.05, 4.69) is 0 Å². The number of hydrogen-bond donors (Lipinski definition) is 0. The fraction of sp³-hybridized carbons (Fsp3) is 1.00. The van der Waals surface area contributed by atoms with Crippen LogP contribution < -0.4 is 0 Å². The Morgan fingerprint density at radius 1 is 0.636 bits per heavy atom. The van der Waals surface area contributed by atoms with Crippen molar-refractivity contribution in [3.63, 3.8) is 0 Å². The summed E-state index contributed by atoms with van der Waals surface area (Å²) in [5.74, 6) is 6.35. The molecule has 0 atom stereocenters. The van der Waals surface area contributed by atoms with Crippen molar-refractivity contribution >= 4 is 21.8 Å². The molecular weight excluding hydrogens is 172 g/mol. The number of hydrogen-bond acceptors (Lipinski definition) is 0. The van der Waals surface area contributed by atoms with E-state index in [1.165, 1.54) is 0 Å². The van der Waals surface area contributed by atoms with E-state index >= 15 is 0 Å². The van der Waals surface area contributed by atoms with E-state index in [0.29, 0.717) is 0 Å². The molecular formula is C9H18S2+2. The summed E-state index contributed by atoms with van der Waals surface area (Å²) in [5, 5.41) is 1.64. The van der Waals surface area contributed by atoms with Crippen LogP contribution >= 0.6 is 0 Å². The van der Waals surface area contributed by atoms with E-state index in [4.69, 9.17) is 0 Å². The Kier molecular flexibility index (Phi) is 3.08. The molecule has 0 amide bonds. The van der Waals surface area contributed by atoms with Crippen LogP contribution in [0.1, 0.15) is 25.7 Å². The molecule has 0 aromatic carbocycles. The Morgan fingerprint density at radius 2 is 1.00 bits per heavy atom. The van der Waals surface area contributed by atoms with Gasteiger partial charge >= 0.3 is 0 Å². The molecule has 0 spiro atoms. The normalized spacial score (nSPS) is 28.4. The van der Waals surface area contributed by atoms with Crippen molar-refractivity contribution in [2.45, 2.75) is 25.7 Å². The lowest BCUT2D eigenvalue weighted by Gasteiger charge is -1.99. The van der Waals surface area contributed by atoms with Crippen LogP contribution in [0, 0.1) is 0 Å². The minimum atomic E-state index is 0.895. The summed E-state index contributed by atoms with van der Waals surface area (Å²) in [4.78, 5) is 0. The highest BCUT2D eigenvalue weighted by molar-refractivity contribution is 8.13. The molecule has 0 bridgehead atoms. The van der Waals surface area contributed by atoms with Gasteiger partial charge in [0.05, 0.1) is 0 Å². The van der Waals surface area contributed by atoms with Crippen molar-refractivity contribution in [2.24, 2.45) is 0 Å². The van der Waals surface area contributed by atoms with Crippen LogP contribution in [0.25, 0.3) is 0 Å². The van der Waals surface area contributed by atoms with Gasteiger partial charge in [-0.25, -0.2) is 0 Å². The summed E-state index contributed by atoms with van der Waals surface area (Å²) in [7, 11) is 1.79. The number of rotatable bonds is 2. The summed E-state index contributed by atoms with van der Waals surface area (Å²) in [5.41, 5.74) is 0. The van der Waals surface area contributed by atoms with Gasteiger partial charge in [0.2, 0.25) is 0 Å². The van der Waals surface area contributed by atoms with Crippen molar-refractivity contribution in [1.82, 2.24) is 0 Å². The van der Waals surface area contributed by atoms with E-state index < -0.39 is 0 Å². The van der Waals surface area contributed by atoms with Crippen molar-refractivity contribution in [3.8, 4) is 0 Å². The SMILES string of the molecule is C1CC[S+](C[S+]2CCCC2)C1. The lowest BCUT2D eigenvalue weighted by atomic mass is 10.4. The van der Waals surface area contributed by atoms with Crippen LogP contribution in [0.15, 0.2) is 0 Å². The zero-order valence-electron chi connectivity index (χ0n) is 7.18. The summed E-state index contributed by atoms with van der Waals surface area (Å²) in [6.07, 6.45) is 6.17. The lowest BCUT2D eigenvalue weighted by molar-refractivity contribution is 0.949. The molecule has 0 saturated carbocycles. The molecule has 0 aromatic heterocycles. The Balaban J connectivity index is 1.71. The van der Waals surface area contributed by atoms with Gasteiger partial charge in [0, 0.05) is 21.8 Å². The molecule has 0 nitrogen and oxygen atoms in total. The van der Waals surface area contributed by atoms with Gasteiger partial charge in [-0.2, -0.15) is 0 Å². The van der Waals surface area contributed by atoms with E-state index in [-0.39, 0.29) is 0 Å². The van der Waals surface area contributed by atoms with Crippen molar-refractivity contribution in [2.75, 3.05) is 28.1 Å². The summed E-state index contributed by atoms with van der Waals surface area (Å²) < 4.78 is 0. The minimum absolute atomic E-state index is 0.895. The van der Waals surface area contributed by atoms with Gasteiger partial charge in [0.1, 0.15) is 23.0 Å². The van der Waals surface area contributed by atoms with E-state index in [1.807, 2.05) is 0 Å². The third-order valence-electron chi connectivity index (χ3n) is 2.57. The first-order valence-electron chi connectivity index (χ1n) is 4.73. The minimum Gasteiger partial charge on any atom is -0.00334 e. The van der Waals surface area contributed by atoms with Crippen LogP contribution in [0.2, 0.25) is 0 Å². The van der Waals surface area contributed by atoms with Crippen molar-refractivity contribution in [1.29, 1.82) is 0 Å². The molecule has 64 valence electrons. The second-order valence-electron chi connectivity index (χ2n) is 3.57. The van der Waals surface area contributed by atoms with Crippen LogP contribution in [0.3, 0.4) is 0 Å². The Bertz CT molecular complexity index is 98.7. The highest BCUT2D eigenvalue weighted by Gasteiger charge is 2.35. The molecule has 0 aliphatic carbocycles. The monoisotopic (exact) mass is 190 g/mol. The molecule has 2 aliphatic heterocycles. The van der Waals surface area contributed by atoms with Crippen LogP contribution in [-0.4, -0.2) is 28.1 Å². The van der Waals surface area contributed by atoms with Gasteiger partial charge in [0.25, 0.3) is 5.08 Å². The van der Waals surface area contributed by atoms with E-state index in [0.717, 1.165) is 21.8 Å². The predicted octanol–water partition coefficient (Wildman–Crippen LogP) is 1.77. The smallest absolute Gasteiger partial charge is 0.00334 e. The average molecular weight is 190 g/mol. The molecule has 11 heavy (non-hydrogen) atoms. The fourth-order valence-corrected chi connectivity index (χ4v) is 8.53. The van der Waals surface area contributed by atoms with Gasteiger partial charge in [0.15, 0.2) is 0 Å². The maximum Gasteiger partial charge on any atom is 0.257 e. The van der Waals surface area contributed by atoms with Gasteiger partial charge < -0.3 is 0 Å². The maximum absolute atomic E-state index is 1.64. The molecule has 2 rings (SSSR count). The predicted molar refractivity (Wildman–Crippen MR) is 57.5 cm³/mol. The van der Waals surface area contributed by atoms with Gasteiger partial charge in [-0.15, -0.1) is 0 Å². The van der Waals surface area contributed by atoms with E-state index in [1.54, 1.807) is 53.8 Å². The molecule has 2 heterocycles. The zero-order valence-corrected chi connectivity index (χ0v) is 8.81. The molecule has 0 radical (unpaired) electrons.